The maximum Gasteiger partial charge on any atom is 0.391 e. The molecule has 0 aliphatic carbocycles. The summed E-state index contributed by atoms with van der Waals surface area (Å²) in [6.45, 7) is 4.11. The van der Waals surface area contributed by atoms with Gasteiger partial charge in [0, 0.05) is 10.0 Å². The second-order valence-corrected chi connectivity index (χ2v) is 14.0. The molecule has 1 heterocycles. The van der Waals surface area contributed by atoms with E-state index in [1.54, 1.807) is 18.2 Å². The van der Waals surface area contributed by atoms with Gasteiger partial charge in [-0.2, -0.15) is 13.2 Å². The zero-order valence-electron chi connectivity index (χ0n) is 21.4. The number of alkyl halides is 3. The Morgan fingerprint density at radius 2 is 1.67 bits per heavy atom. The van der Waals surface area contributed by atoms with E-state index in [-0.39, 0.29) is 0 Å². The SMILES string of the molecule is CC(C)(C)S(=O)(=O)CC(CC(F)(F)F)N1C(=O)[C@@H](CC(N)=O)O[C@H](c2cccc(Cl)c2)[C@H]1c1ccc(Cl)cc1. The zero-order valence-corrected chi connectivity index (χ0v) is 23.7. The van der Waals surface area contributed by atoms with E-state index in [1.807, 2.05) is 0 Å². The van der Waals surface area contributed by atoms with E-state index in [2.05, 4.69) is 0 Å². The van der Waals surface area contributed by atoms with E-state index in [9.17, 15) is 31.2 Å². The van der Waals surface area contributed by atoms with Gasteiger partial charge in [-0.1, -0.05) is 47.5 Å². The number of benzene rings is 2. The van der Waals surface area contributed by atoms with Crippen molar-refractivity contribution in [1.29, 1.82) is 0 Å². The van der Waals surface area contributed by atoms with Crippen LogP contribution in [0.2, 0.25) is 10.0 Å². The number of nitrogens with zero attached hydrogens (tertiary/aromatic N) is 1. The smallest absolute Gasteiger partial charge is 0.370 e. The number of hydrogen-bond donors (Lipinski definition) is 1. The average molecular weight is 609 g/mol. The minimum Gasteiger partial charge on any atom is -0.370 e. The molecule has 4 atom stereocenters. The summed E-state index contributed by atoms with van der Waals surface area (Å²) in [5.41, 5.74) is 6.08. The molecule has 2 aromatic rings. The Hall–Kier alpha value is -2.34. The second kappa shape index (κ2) is 11.6. The number of primary amides is 1. The zero-order chi connectivity index (χ0) is 29.3. The molecule has 0 spiro atoms. The Morgan fingerprint density at radius 3 is 2.18 bits per heavy atom. The Kier molecular flexibility index (Phi) is 9.31. The average Bonchev–Trinajstić information content (AvgIpc) is 2.78. The van der Waals surface area contributed by atoms with Crippen LogP contribution in [0, 0.1) is 0 Å². The molecule has 1 saturated heterocycles. The van der Waals surface area contributed by atoms with Crippen LogP contribution in [0.1, 0.15) is 56.9 Å². The fourth-order valence-electron chi connectivity index (χ4n) is 4.43. The number of carbonyl (C=O) groups excluding carboxylic acids is 2. The highest BCUT2D eigenvalue weighted by atomic mass is 35.5. The van der Waals surface area contributed by atoms with Crippen molar-refractivity contribution in [3.8, 4) is 0 Å². The minimum absolute atomic E-state index is 0.294. The number of carbonyl (C=O) groups is 2. The predicted octanol–water partition coefficient (Wildman–Crippen LogP) is 5.41. The molecule has 39 heavy (non-hydrogen) atoms. The van der Waals surface area contributed by atoms with Gasteiger partial charge in [0.05, 0.1) is 35.4 Å². The molecule has 214 valence electrons. The maximum absolute atomic E-state index is 13.9. The third kappa shape index (κ3) is 7.65. The number of sulfone groups is 1. The summed E-state index contributed by atoms with van der Waals surface area (Å²) < 4.78 is 72.9. The number of hydrogen-bond acceptors (Lipinski definition) is 5. The quantitative estimate of drug-likeness (QED) is 0.431. The summed E-state index contributed by atoms with van der Waals surface area (Å²) in [5.74, 6) is -2.87. The fourth-order valence-corrected chi connectivity index (χ4v) is 6.04. The van der Waals surface area contributed by atoms with Crippen molar-refractivity contribution in [3.05, 3.63) is 69.7 Å². The van der Waals surface area contributed by atoms with Crippen LogP contribution in [0.25, 0.3) is 0 Å². The molecule has 2 N–H and O–H groups in total. The highest BCUT2D eigenvalue weighted by molar-refractivity contribution is 7.92. The summed E-state index contributed by atoms with van der Waals surface area (Å²) in [6, 6.07) is 9.27. The van der Waals surface area contributed by atoms with Crippen molar-refractivity contribution in [3.63, 3.8) is 0 Å². The van der Waals surface area contributed by atoms with Crippen LogP contribution in [0.5, 0.6) is 0 Å². The monoisotopic (exact) mass is 608 g/mol. The van der Waals surface area contributed by atoms with E-state index in [1.165, 1.54) is 51.1 Å². The third-order valence-electron chi connectivity index (χ3n) is 6.41. The first-order valence-electron chi connectivity index (χ1n) is 12.0. The molecule has 0 saturated carbocycles. The van der Waals surface area contributed by atoms with Crippen LogP contribution in [0.4, 0.5) is 13.2 Å². The van der Waals surface area contributed by atoms with E-state index >= 15 is 0 Å². The lowest BCUT2D eigenvalue weighted by Crippen LogP contribution is -2.58. The summed E-state index contributed by atoms with van der Waals surface area (Å²) in [5, 5.41) is 0.629. The van der Waals surface area contributed by atoms with Crippen molar-refractivity contribution in [2.45, 2.75) is 68.8 Å². The summed E-state index contributed by atoms with van der Waals surface area (Å²) in [7, 11) is -4.15. The van der Waals surface area contributed by atoms with Crippen molar-refractivity contribution in [1.82, 2.24) is 4.90 Å². The summed E-state index contributed by atoms with van der Waals surface area (Å²) >= 11 is 12.2. The van der Waals surface area contributed by atoms with Gasteiger partial charge in [-0.15, -0.1) is 0 Å². The van der Waals surface area contributed by atoms with Gasteiger partial charge >= 0.3 is 6.18 Å². The van der Waals surface area contributed by atoms with Gasteiger partial charge < -0.3 is 15.4 Å². The van der Waals surface area contributed by atoms with E-state index in [0.717, 1.165) is 4.90 Å². The van der Waals surface area contributed by atoms with Crippen LogP contribution in [-0.4, -0.2) is 54.0 Å². The Balaban J connectivity index is 2.29. The highest BCUT2D eigenvalue weighted by Crippen LogP contribution is 2.46. The standard InChI is InChI=1S/C26H29Cl2F3N2O5S/c1-25(2,3)39(36,37)14-19(13-26(29,30)31)33-22(15-7-9-17(27)10-8-15)23(16-5-4-6-18(28)11-16)38-20(24(33)35)12-21(32)34/h4-11,19-20,22-23H,12-14H2,1-3H3,(H2,32,34)/t19?,20-,22-,23-/m1/s1. The normalized spacial score (nSPS) is 21.6. The van der Waals surface area contributed by atoms with Crippen molar-refractivity contribution >= 4 is 44.9 Å². The molecule has 0 radical (unpaired) electrons. The van der Waals surface area contributed by atoms with E-state index in [0.29, 0.717) is 21.2 Å². The molecule has 13 heteroatoms. The lowest BCUT2D eigenvalue weighted by Gasteiger charge is -2.48. The third-order valence-corrected chi connectivity index (χ3v) is 9.58. The van der Waals surface area contributed by atoms with Gasteiger partial charge in [0.15, 0.2) is 9.84 Å². The molecule has 1 fully saturated rings. The molecule has 2 aromatic carbocycles. The Morgan fingerprint density at radius 1 is 1.05 bits per heavy atom. The van der Waals surface area contributed by atoms with Crippen molar-refractivity contribution < 1.29 is 35.9 Å². The molecule has 3 rings (SSSR count). The first-order valence-corrected chi connectivity index (χ1v) is 14.4. The van der Waals surface area contributed by atoms with Gasteiger partial charge in [0.2, 0.25) is 5.91 Å². The molecule has 0 aromatic heterocycles. The lowest BCUT2D eigenvalue weighted by atomic mass is 9.89. The van der Waals surface area contributed by atoms with Gasteiger partial charge in [0.25, 0.3) is 5.91 Å². The molecule has 1 unspecified atom stereocenters. The number of nitrogens with two attached hydrogens (primary N) is 1. The molecule has 0 bridgehead atoms. The van der Waals surface area contributed by atoms with Crippen LogP contribution < -0.4 is 5.73 Å². The largest absolute Gasteiger partial charge is 0.391 e. The Bertz CT molecular complexity index is 1310. The predicted molar refractivity (Wildman–Crippen MR) is 142 cm³/mol. The van der Waals surface area contributed by atoms with E-state index in [4.69, 9.17) is 33.7 Å². The topological polar surface area (TPSA) is 107 Å². The first-order chi connectivity index (χ1) is 17.9. The Labute approximate surface area is 235 Å². The number of ether oxygens (including phenoxy) is 1. The minimum atomic E-state index is -4.83. The molecule has 1 aliphatic heterocycles. The van der Waals surface area contributed by atoms with Gasteiger partial charge in [-0.05, 0) is 56.2 Å². The highest BCUT2D eigenvalue weighted by Gasteiger charge is 2.51. The lowest BCUT2D eigenvalue weighted by molar-refractivity contribution is -0.190. The summed E-state index contributed by atoms with van der Waals surface area (Å²) in [4.78, 5) is 26.5. The van der Waals surface area contributed by atoms with Crippen molar-refractivity contribution in [2.75, 3.05) is 5.75 Å². The van der Waals surface area contributed by atoms with Crippen molar-refractivity contribution in [2.24, 2.45) is 5.73 Å². The number of morpholine rings is 1. The molecule has 1 aliphatic rings. The fraction of sp³-hybridized carbons (Fsp3) is 0.462. The molecule has 7 nitrogen and oxygen atoms in total. The number of halogens is 5. The first kappa shape index (κ1) is 31.2. The van der Waals surface area contributed by atoms with Gasteiger partial charge in [0.1, 0.15) is 12.2 Å². The van der Waals surface area contributed by atoms with Crippen LogP contribution >= 0.6 is 23.2 Å². The maximum atomic E-state index is 13.9. The number of rotatable bonds is 8. The van der Waals surface area contributed by atoms with Crippen LogP contribution in [0.3, 0.4) is 0 Å². The van der Waals surface area contributed by atoms with Crippen LogP contribution in [-0.2, 0) is 24.2 Å². The van der Waals surface area contributed by atoms with Crippen LogP contribution in [0.15, 0.2) is 48.5 Å². The molecule has 2 amide bonds. The van der Waals surface area contributed by atoms with Gasteiger partial charge in [-0.25, -0.2) is 8.42 Å². The number of amides is 2. The molecular formula is C26H29Cl2F3N2O5S. The van der Waals surface area contributed by atoms with E-state index < -0.39 is 75.5 Å². The van der Waals surface area contributed by atoms with Gasteiger partial charge in [-0.3, -0.25) is 9.59 Å². The molecular weight excluding hydrogens is 580 g/mol. The second-order valence-electron chi connectivity index (χ2n) is 10.4. The summed E-state index contributed by atoms with van der Waals surface area (Å²) in [6.07, 6.45) is -9.73.